The smallest absolute Gasteiger partial charge is 0.235 e. The van der Waals surface area contributed by atoms with Gasteiger partial charge in [0.1, 0.15) is 11.1 Å². The van der Waals surface area contributed by atoms with Gasteiger partial charge < -0.3 is 5.32 Å². The van der Waals surface area contributed by atoms with Crippen LogP contribution >= 0.6 is 34.4 Å². The first kappa shape index (κ1) is 24.0. The number of nitrogens with zero attached hydrogens (tertiary/aromatic N) is 4. The molecule has 6 nitrogen and oxygen atoms in total. The molecule has 1 amide bonds. The highest BCUT2D eigenvalue weighted by atomic mass is 32.2. The van der Waals surface area contributed by atoms with Crippen LogP contribution in [0.1, 0.15) is 66.6 Å². The first-order valence-corrected chi connectivity index (χ1v) is 14.0. The summed E-state index contributed by atoms with van der Waals surface area (Å²) in [7, 11) is 0. The third-order valence-electron chi connectivity index (χ3n) is 6.09. The second-order valence-corrected chi connectivity index (χ2v) is 11.9. The summed E-state index contributed by atoms with van der Waals surface area (Å²) >= 11 is 4.69. The van der Waals surface area contributed by atoms with Crippen LogP contribution in [0.15, 0.2) is 10.5 Å². The molecule has 33 heavy (non-hydrogen) atoms. The molecule has 4 rings (SSSR count). The van der Waals surface area contributed by atoms with Crippen LogP contribution in [0.3, 0.4) is 0 Å². The molecule has 0 radical (unpaired) electrons. The van der Waals surface area contributed by atoms with E-state index in [0.29, 0.717) is 16.5 Å². The summed E-state index contributed by atoms with van der Waals surface area (Å²) in [5.74, 6) is 1.58. The quantitative estimate of drug-likeness (QED) is 0.389. The molecule has 0 saturated heterocycles. The number of aryl methyl sites for hydroxylation is 1. The molecule has 0 aliphatic heterocycles. The van der Waals surface area contributed by atoms with Gasteiger partial charge in [-0.1, -0.05) is 25.6 Å². The van der Waals surface area contributed by atoms with E-state index in [1.165, 1.54) is 27.1 Å². The molecule has 1 unspecified atom stereocenters. The van der Waals surface area contributed by atoms with Gasteiger partial charge in [-0.2, -0.15) is 5.26 Å². The molecule has 1 aliphatic carbocycles. The van der Waals surface area contributed by atoms with Crippen LogP contribution in [0.5, 0.6) is 0 Å². The van der Waals surface area contributed by atoms with Gasteiger partial charge >= 0.3 is 0 Å². The first-order chi connectivity index (χ1) is 15.8. The summed E-state index contributed by atoms with van der Waals surface area (Å²) < 4.78 is 2.12. The number of aromatic nitrogens is 3. The van der Waals surface area contributed by atoms with E-state index in [1.54, 1.807) is 22.7 Å². The minimum Gasteiger partial charge on any atom is -0.316 e. The number of thiophene rings is 2. The van der Waals surface area contributed by atoms with Gasteiger partial charge in [0.25, 0.3) is 0 Å². The van der Waals surface area contributed by atoms with Crippen molar-refractivity contribution in [2.45, 2.75) is 71.5 Å². The number of hydrogen-bond acceptors (Lipinski definition) is 7. The Morgan fingerprint density at radius 1 is 1.42 bits per heavy atom. The first-order valence-electron chi connectivity index (χ1n) is 11.3. The van der Waals surface area contributed by atoms with Crippen LogP contribution in [-0.2, 0) is 24.1 Å². The minimum absolute atomic E-state index is 0.122. The number of rotatable bonds is 7. The van der Waals surface area contributed by atoms with Crippen LogP contribution in [-0.4, -0.2) is 26.4 Å². The highest BCUT2D eigenvalue weighted by Gasteiger charge is 2.25. The van der Waals surface area contributed by atoms with Crippen molar-refractivity contribution in [2.75, 3.05) is 11.1 Å². The molecule has 0 bridgehead atoms. The van der Waals surface area contributed by atoms with Crippen molar-refractivity contribution in [1.82, 2.24) is 14.8 Å². The van der Waals surface area contributed by atoms with E-state index in [1.807, 2.05) is 0 Å². The average Bonchev–Trinajstić information content (AvgIpc) is 3.45. The predicted octanol–water partition coefficient (Wildman–Crippen LogP) is 6.25. The van der Waals surface area contributed by atoms with E-state index in [-0.39, 0.29) is 17.7 Å². The Morgan fingerprint density at radius 3 is 2.91 bits per heavy atom. The average molecular weight is 500 g/mol. The second kappa shape index (κ2) is 10.00. The lowest BCUT2D eigenvalue weighted by Crippen LogP contribution is -2.15. The largest absolute Gasteiger partial charge is 0.316 e. The maximum atomic E-state index is 12.8. The molecule has 1 N–H and O–H groups in total. The van der Waals surface area contributed by atoms with Gasteiger partial charge in [-0.15, -0.1) is 32.9 Å². The number of anilines is 1. The molecule has 174 valence electrons. The van der Waals surface area contributed by atoms with Gasteiger partial charge in [-0.3, -0.25) is 9.36 Å². The topological polar surface area (TPSA) is 83.6 Å². The number of carbonyl (C=O) groups excluding carboxylic acids is 1. The van der Waals surface area contributed by atoms with Crippen molar-refractivity contribution < 1.29 is 4.79 Å². The number of thioether (sulfide) groups is 1. The number of hydrogen-bond donors (Lipinski definition) is 1. The van der Waals surface area contributed by atoms with E-state index in [0.717, 1.165) is 47.8 Å². The maximum Gasteiger partial charge on any atom is 0.235 e. The molecule has 9 heteroatoms. The Labute approximate surface area is 207 Å². The fourth-order valence-corrected chi connectivity index (χ4v) is 7.56. The number of carbonyl (C=O) groups is 1. The third-order valence-corrected chi connectivity index (χ3v) is 9.15. The zero-order valence-electron chi connectivity index (χ0n) is 19.7. The van der Waals surface area contributed by atoms with E-state index in [4.69, 9.17) is 0 Å². The van der Waals surface area contributed by atoms with Gasteiger partial charge in [-0.25, -0.2) is 0 Å². The van der Waals surface area contributed by atoms with Gasteiger partial charge in [0.2, 0.25) is 5.91 Å². The summed E-state index contributed by atoms with van der Waals surface area (Å²) in [5.41, 5.74) is 4.22. The van der Waals surface area contributed by atoms with Crippen LogP contribution in [0.25, 0.3) is 11.4 Å². The van der Waals surface area contributed by atoms with Gasteiger partial charge in [0, 0.05) is 26.7 Å². The summed E-state index contributed by atoms with van der Waals surface area (Å²) in [4.78, 5) is 15.4. The normalized spacial score (nSPS) is 15.5. The Hall–Kier alpha value is -2.15. The molecule has 3 heterocycles. The van der Waals surface area contributed by atoms with Gasteiger partial charge in [0.15, 0.2) is 11.0 Å². The zero-order chi connectivity index (χ0) is 23.7. The fourth-order valence-electron chi connectivity index (χ4n) is 4.38. The van der Waals surface area contributed by atoms with Gasteiger partial charge in [-0.05, 0) is 63.5 Å². The second-order valence-electron chi connectivity index (χ2n) is 8.81. The Bertz CT molecular complexity index is 1210. The summed E-state index contributed by atoms with van der Waals surface area (Å²) in [6, 6.07) is 2.49. The molecule has 3 aromatic heterocycles. The molecule has 0 saturated carbocycles. The van der Waals surface area contributed by atoms with Crippen molar-refractivity contribution in [2.24, 2.45) is 5.92 Å². The molecule has 3 aromatic rings. The monoisotopic (exact) mass is 499 g/mol. The van der Waals surface area contributed by atoms with E-state index in [9.17, 15) is 10.1 Å². The molecule has 1 aliphatic rings. The summed E-state index contributed by atoms with van der Waals surface area (Å²) in [6.07, 6.45) is 3.95. The number of nitriles is 1. The van der Waals surface area contributed by atoms with Gasteiger partial charge in [0.05, 0.1) is 11.3 Å². The lowest BCUT2D eigenvalue weighted by Gasteiger charge is -2.17. The highest BCUT2D eigenvalue weighted by molar-refractivity contribution is 7.99. The van der Waals surface area contributed by atoms with E-state index in [2.05, 4.69) is 66.1 Å². The lowest BCUT2D eigenvalue weighted by molar-refractivity contribution is -0.113. The maximum absolute atomic E-state index is 12.8. The minimum atomic E-state index is -0.122. The van der Waals surface area contributed by atoms with Crippen LogP contribution in [0, 0.1) is 24.2 Å². The summed E-state index contributed by atoms with van der Waals surface area (Å²) in [5, 5.41) is 25.2. The molecule has 1 atom stereocenters. The van der Waals surface area contributed by atoms with Crippen molar-refractivity contribution in [3.05, 3.63) is 31.8 Å². The fraction of sp³-hybridized carbons (Fsp3) is 0.500. The van der Waals surface area contributed by atoms with Crippen molar-refractivity contribution in [3.63, 3.8) is 0 Å². The van der Waals surface area contributed by atoms with Crippen molar-refractivity contribution >= 4 is 45.3 Å². The molecular weight excluding hydrogens is 470 g/mol. The predicted molar refractivity (Wildman–Crippen MR) is 137 cm³/mol. The third kappa shape index (κ3) is 4.75. The SMILES string of the molecule is CCc1c(-c2nnc(SCC(=O)Nc3sc4c(c3C#N)CCC(C)C4)n2C(C)C)csc1C. The zero-order valence-corrected chi connectivity index (χ0v) is 22.1. The number of nitrogens with one attached hydrogen (secondary N) is 1. The Balaban J connectivity index is 1.51. The van der Waals surface area contributed by atoms with Crippen molar-refractivity contribution in [1.29, 1.82) is 5.26 Å². The number of fused-ring (bicyclic) bond motifs is 1. The molecular formula is C24H29N5OS3. The Morgan fingerprint density at radius 2 is 2.21 bits per heavy atom. The molecule has 0 fully saturated rings. The van der Waals surface area contributed by atoms with Crippen LogP contribution in [0.4, 0.5) is 5.00 Å². The number of amides is 1. The highest BCUT2D eigenvalue weighted by Crippen LogP contribution is 2.39. The molecule has 0 aromatic carbocycles. The summed E-state index contributed by atoms with van der Waals surface area (Å²) in [6.45, 7) is 10.8. The van der Waals surface area contributed by atoms with E-state index >= 15 is 0 Å². The van der Waals surface area contributed by atoms with Crippen LogP contribution < -0.4 is 5.32 Å². The molecule has 0 spiro atoms. The van der Waals surface area contributed by atoms with Crippen LogP contribution in [0.2, 0.25) is 0 Å². The Kier molecular flexibility index (Phi) is 7.27. The standard InChI is InChI=1S/C24H29N5OS3/c1-6-16-15(5)31-11-19(16)22-27-28-24(29(22)13(2)3)32-12-21(30)26-23-18(10-25)17-8-7-14(4)9-20(17)33-23/h11,13-14H,6-9,12H2,1-5H3,(H,26,30). The van der Waals surface area contributed by atoms with E-state index < -0.39 is 0 Å². The lowest BCUT2D eigenvalue weighted by atomic mass is 9.89. The van der Waals surface area contributed by atoms with Crippen molar-refractivity contribution in [3.8, 4) is 17.5 Å².